The summed E-state index contributed by atoms with van der Waals surface area (Å²) in [6.07, 6.45) is 9.77. The van der Waals surface area contributed by atoms with Gasteiger partial charge in [-0.15, -0.1) is 0 Å². The van der Waals surface area contributed by atoms with Crippen molar-refractivity contribution < 1.29 is 17.4 Å². The maximum Gasteiger partial charge on any atom is 4.00 e. The van der Waals surface area contributed by atoms with Crippen molar-refractivity contribution in [1.29, 1.82) is 0 Å². The molecule has 0 unspecified atom stereocenters. The predicted molar refractivity (Wildman–Crippen MR) is 109 cm³/mol. The molecule has 0 aliphatic rings. The van der Waals surface area contributed by atoms with E-state index >= 15 is 0 Å². The minimum atomic E-state index is 0. The van der Waals surface area contributed by atoms with E-state index < -0.39 is 0 Å². The van der Waals surface area contributed by atoms with Crippen LogP contribution < -0.4 is 0 Å². The number of unbranched alkanes of at least 4 members (excludes halogenated alkanes) is 4. The van der Waals surface area contributed by atoms with E-state index in [1.165, 1.54) is 51.4 Å². The molecule has 0 aromatic heterocycles. The Morgan fingerprint density at radius 1 is 0.429 bits per heavy atom. The summed E-state index contributed by atoms with van der Waals surface area (Å²) in [6.45, 7) is 8.58. The maximum absolute atomic E-state index is 4.65. The van der Waals surface area contributed by atoms with Crippen molar-refractivity contribution in [2.24, 2.45) is 0 Å². The molecule has 0 N–H and O–H groups in total. The van der Waals surface area contributed by atoms with Crippen LogP contribution in [0.25, 0.3) is 0 Å². The van der Waals surface area contributed by atoms with Crippen LogP contribution in [0.5, 0.6) is 0 Å². The fourth-order valence-corrected chi connectivity index (χ4v) is 1.73. The van der Waals surface area contributed by atoms with Gasteiger partial charge in [0.05, 0.1) is 0 Å². The van der Waals surface area contributed by atoms with Crippen molar-refractivity contribution in [3.05, 3.63) is 0 Å². The Kier molecular flexibility index (Phi) is 80.9. The zero-order chi connectivity index (χ0) is 16.5. The van der Waals surface area contributed by atoms with Crippen LogP contribution in [0.15, 0.2) is 0 Å². The molecule has 0 aliphatic heterocycles. The molecular weight excluding hydrogens is 372 g/mol. The van der Waals surface area contributed by atoms with E-state index in [4.69, 9.17) is 0 Å². The second kappa shape index (κ2) is 49.5. The topological polar surface area (TPSA) is 0 Å². The molecule has 0 radical (unpaired) electrons. The van der Waals surface area contributed by atoms with Crippen LogP contribution >= 0.6 is 0 Å². The van der Waals surface area contributed by atoms with Crippen molar-refractivity contribution in [3.63, 3.8) is 0 Å². The summed E-state index contributed by atoms with van der Waals surface area (Å²) in [5, 5.41) is 0. The van der Waals surface area contributed by atoms with E-state index in [2.05, 4.69) is 78.2 Å². The summed E-state index contributed by atoms with van der Waals surface area (Å²) in [7, 11) is 0. The predicted octanol–water partition coefficient (Wildman–Crippen LogP) is 5.33. The first-order valence-corrected chi connectivity index (χ1v) is 10.3. The average molecular weight is 409 g/mol. The smallest absolute Gasteiger partial charge is 0.793 e. The average Bonchev–Trinajstić information content (AvgIpc) is 2.44. The van der Waals surface area contributed by atoms with Crippen molar-refractivity contribution in [3.8, 4) is 0 Å². The molecule has 130 valence electrons. The third kappa shape index (κ3) is 88.3. The van der Waals surface area contributed by atoms with Crippen LogP contribution in [0.1, 0.15) is 79.1 Å². The first-order valence-electron chi connectivity index (χ1n) is 7.98. The van der Waals surface area contributed by atoms with E-state index in [-0.39, 0.29) is 17.4 Å². The van der Waals surface area contributed by atoms with Crippen LogP contribution in [-0.4, -0.2) is 23.0 Å². The molecule has 0 aliphatic carbocycles. The first kappa shape index (κ1) is 34.3. The van der Waals surface area contributed by atoms with Gasteiger partial charge in [0, 0.05) is 0 Å². The third-order valence-corrected chi connectivity index (χ3v) is 3.15. The Balaban J connectivity index is -0.0000000533. The van der Waals surface area contributed by atoms with E-state index in [0.29, 0.717) is 0 Å². The molecule has 0 amide bonds. The second-order valence-electron chi connectivity index (χ2n) is 4.23. The first-order chi connectivity index (χ1) is 9.66. The van der Waals surface area contributed by atoms with Gasteiger partial charge in [0.15, 0.2) is 0 Å². The Morgan fingerprint density at radius 2 is 0.571 bits per heavy atom. The van der Waals surface area contributed by atoms with Crippen molar-refractivity contribution in [1.82, 2.24) is 0 Å². The van der Waals surface area contributed by atoms with Crippen molar-refractivity contribution in [2.45, 2.75) is 79.1 Å². The fraction of sp³-hybridized carbons (Fsp3) is 1.00. The number of hydrogen-bond donors (Lipinski definition) is 0. The van der Waals surface area contributed by atoms with Crippen LogP contribution in [-0.2, 0) is 67.9 Å². The molecule has 0 atom stereocenters. The number of hydrogen-bond acceptors (Lipinski definition) is 4. The summed E-state index contributed by atoms with van der Waals surface area (Å²) in [5.41, 5.74) is 0. The summed E-state index contributed by atoms with van der Waals surface area (Å²) in [6, 6.07) is 0. The standard InChI is InChI=1S/4C4H10S.Cr/c4*1-2-3-4-5;/h4*5H,2-4H2,1H3;/q;;;;+4/p-4. The largest absolute Gasteiger partial charge is 4.00 e. The van der Waals surface area contributed by atoms with E-state index in [9.17, 15) is 0 Å². The van der Waals surface area contributed by atoms with Gasteiger partial charge in [0.2, 0.25) is 0 Å². The van der Waals surface area contributed by atoms with E-state index in [1.807, 2.05) is 0 Å². The molecule has 0 saturated heterocycles. The summed E-state index contributed by atoms with van der Waals surface area (Å²) < 4.78 is 0. The van der Waals surface area contributed by atoms with E-state index in [1.54, 1.807) is 0 Å². The third-order valence-electron chi connectivity index (χ3n) is 1.99. The Bertz CT molecular complexity index is 74.3. The molecule has 0 saturated carbocycles. The van der Waals surface area contributed by atoms with Crippen molar-refractivity contribution >= 4 is 50.5 Å². The van der Waals surface area contributed by atoms with Crippen LogP contribution in [0.3, 0.4) is 0 Å². The van der Waals surface area contributed by atoms with Crippen LogP contribution in [0.2, 0.25) is 0 Å². The molecule has 21 heavy (non-hydrogen) atoms. The number of rotatable bonds is 8. The van der Waals surface area contributed by atoms with Gasteiger partial charge in [0.25, 0.3) is 0 Å². The molecule has 0 rings (SSSR count). The molecule has 0 fully saturated rings. The Hall–Kier alpha value is 1.93. The second-order valence-corrected chi connectivity index (χ2v) is 5.86. The van der Waals surface area contributed by atoms with Gasteiger partial charge < -0.3 is 50.5 Å². The Labute approximate surface area is 169 Å². The van der Waals surface area contributed by atoms with Gasteiger partial charge >= 0.3 is 17.4 Å². The Morgan fingerprint density at radius 3 is 0.571 bits per heavy atom. The van der Waals surface area contributed by atoms with E-state index in [0.717, 1.165) is 23.0 Å². The minimum Gasteiger partial charge on any atom is -0.793 e. The quantitative estimate of drug-likeness (QED) is 0.498. The van der Waals surface area contributed by atoms with Gasteiger partial charge in [-0.25, -0.2) is 0 Å². The van der Waals surface area contributed by atoms with Crippen LogP contribution in [0, 0.1) is 0 Å². The van der Waals surface area contributed by atoms with Gasteiger partial charge in [0.1, 0.15) is 0 Å². The normalized spacial score (nSPS) is 8.00. The monoisotopic (exact) mass is 408 g/mol. The minimum absolute atomic E-state index is 0. The molecular formula is C16H36CrS4. The van der Waals surface area contributed by atoms with Gasteiger partial charge in [-0.05, 0) is 0 Å². The zero-order valence-corrected chi connectivity index (χ0v) is 19.1. The van der Waals surface area contributed by atoms with Gasteiger partial charge in [-0.2, -0.15) is 23.0 Å². The van der Waals surface area contributed by atoms with Crippen LogP contribution in [0.4, 0.5) is 0 Å². The molecule has 0 heterocycles. The summed E-state index contributed by atoms with van der Waals surface area (Å²) in [4.78, 5) is 0. The molecule has 0 spiro atoms. The van der Waals surface area contributed by atoms with Gasteiger partial charge in [-0.1, -0.05) is 79.1 Å². The maximum atomic E-state index is 4.65. The summed E-state index contributed by atoms with van der Waals surface area (Å²) >= 11 is 18.6. The SMILES string of the molecule is CCCC[S-].CCCC[S-].CCCC[S-].CCCC[S-].[Cr+4]. The molecule has 5 heteroatoms. The zero-order valence-electron chi connectivity index (χ0n) is 14.5. The summed E-state index contributed by atoms with van der Waals surface area (Å²) in [5.74, 6) is 3.71. The van der Waals surface area contributed by atoms with Crippen molar-refractivity contribution in [2.75, 3.05) is 23.0 Å². The molecule has 0 aromatic rings. The fourth-order valence-electron chi connectivity index (χ4n) is 0.577. The molecule has 0 nitrogen and oxygen atoms in total. The molecule has 0 aromatic carbocycles. The molecule has 0 bridgehead atoms. The van der Waals surface area contributed by atoms with Gasteiger partial charge in [-0.3, -0.25) is 0 Å².